The van der Waals surface area contributed by atoms with Gasteiger partial charge in [-0.2, -0.15) is 4.98 Å². The van der Waals surface area contributed by atoms with Gasteiger partial charge in [-0.1, -0.05) is 11.6 Å². The smallest absolute Gasteiger partial charge is 0.229 e. The van der Waals surface area contributed by atoms with E-state index < -0.39 is 5.60 Å². The van der Waals surface area contributed by atoms with Crippen LogP contribution in [-0.4, -0.2) is 36.0 Å². The van der Waals surface area contributed by atoms with Crippen molar-refractivity contribution in [1.29, 1.82) is 0 Å². The first-order chi connectivity index (χ1) is 10.2. The number of rotatable bonds is 4. The van der Waals surface area contributed by atoms with Crippen molar-refractivity contribution >= 4 is 0 Å². The predicted molar refractivity (Wildman–Crippen MR) is 76.8 cm³/mol. The molecule has 2 unspecified atom stereocenters. The Hall–Kier alpha value is -0.980. The molecular weight excluding hydrogens is 270 g/mol. The average molecular weight is 295 g/mol. The molecule has 1 saturated heterocycles. The van der Waals surface area contributed by atoms with E-state index in [1.807, 2.05) is 6.92 Å². The van der Waals surface area contributed by atoms with Crippen LogP contribution in [0.5, 0.6) is 0 Å². The summed E-state index contributed by atoms with van der Waals surface area (Å²) in [5.74, 6) is 1.71. The molecule has 0 amide bonds. The van der Waals surface area contributed by atoms with Gasteiger partial charge < -0.3 is 19.7 Å². The third kappa shape index (κ3) is 3.12. The fraction of sp³-hybridized carbons (Fsp3) is 0.867. The van der Waals surface area contributed by atoms with E-state index in [0.717, 1.165) is 44.4 Å². The Morgan fingerprint density at radius 2 is 2.14 bits per heavy atom. The molecule has 6 heteroatoms. The molecule has 21 heavy (non-hydrogen) atoms. The van der Waals surface area contributed by atoms with Gasteiger partial charge in [-0.05, 0) is 26.2 Å². The molecule has 2 fully saturated rings. The van der Waals surface area contributed by atoms with Gasteiger partial charge in [0.05, 0.1) is 0 Å². The zero-order valence-corrected chi connectivity index (χ0v) is 12.7. The molecule has 0 bridgehead atoms. The molecule has 1 aromatic rings. The topological polar surface area (TPSA) is 83.4 Å². The van der Waals surface area contributed by atoms with E-state index in [0.29, 0.717) is 31.6 Å². The fourth-order valence-electron chi connectivity index (χ4n) is 3.45. The monoisotopic (exact) mass is 295 g/mol. The van der Waals surface area contributed by atoms with Gasteiger partial charge in [-0.3, -0.25) is 0 Å². The van der Waals surface area contributed by atoms with Crippen LogP contribution in [0.1, 0.15) is 63.1 Å². The number of aromatic nitrogens is 2. The van der Waals surface area contributed by atoms with Crippen molar-refractivity contribution in [3.05, 3.63) is 11.7 Å². The van der Waals surface area contributed by atoms with Crippen LogP contribution in [0.2, 0.25) is 0 Å². The molecular formula is C15H25N3O3. The molecule has 118 valence electrons. The third-order valence-corrected chi connectivity index (χ3v) is 4.63. The molecule has 2 aliphatic rings. The molecule has 0 radical (unpaired) electrons. The number of ether oxygens (including phenoxy) is 2. The number of hydrogen-bond donors (Lipinski definition) is 1. The first-order valence-electron chi connectivity index (χ1n) is 8.05. The van der Waals surface area contributed by atoms with Crippen molar-refractivity contribution in [3.8, 4) is 0 Å². The highest BCUT2D eigenvalue weighted by molar-refractivity contribution is 5.06. The summed E-state index contributed by atoms with van der Waals surface area (Å²) in [6.07, 6.45) is 5.81. The lowest BCUT2D eigenvalue weighted by Gasteiger charge is -2.33. The van der Waals surface area contributed by atoms with Crippen molar-refractivity contribution < 1.29 is 14.0 Å². The second-order valence-electron chi connectivity index (χ2n) is 6.12. The van der Waals surface area contributed by atoms with Crippen LogP contribution in [0.15, 0.2) is 4.52 Å². The zero-order valence-electron chi connectivity index (χ0n) is 12.7. The predicted octanol–water partition coefficient (Wildman–Crippen LogP) is 2.10. The minimum atomic E-state index is -0.439. The first kappa shape index (κ1) is 14.9. The van der Waals surface area contributed by atoms with Crippen LogP contribution >= 0.6 is 0 Å². The molecule has 2 atom stereocenters. The van der Waals surface area contributed by atoms with Crippen molar-refractivity contribution in [2.45, 2.75) is 63.0 Å². The lowest BCUT2D eigenvalue weighted by molar-refractivity contribution is -0.118. The third-order valence-electron chi connectivity index (χ3n) is 4.63. The summed E-state index contributed by atoms with van der Waals surface area (Å²) in [5.41, 5.74) is 5.62. The van der Waals surface area contributed by atoms with E-state index in [9.17, 15) is 0 Å². The Bertz CT molecular complexity index is 451. The Balaban J connectivity index is 1.78. The highest BCUT2D eigenvalue weighted by atomic mass is 16.5. The number of nitrogens with zero attached hydrogens (tertiary/aromatic N) is 2. The molecule has 1 aliphatic heterocycles. The van der Waals surface area contributed by atoms with E-state index in [-0.39, 0.29) is 6.04 Å². The summed E-state index contributed by atoms with van der Waals surface area (Å²) in [6, 6.07) is 0.253. The van der Waals surface area contributed by atoms with E-state index in [1.165, 1.54) is 0 Å². The van der Waals surface area contributed by atoms with Gasteiger partial charge in [-0.25, -0.2) is 0 Å². The summed E-state index contributed by atoms with van der Waals surface area (Å²) in [5, 5.41) is 4.22. The standard InChI is InChI=1S/C15H25N3O3/c1-2-20-15(6-8-19-9-7-15)14-17-13(21-18-14)11-4-3-5-12(16)10-11/h11-12H,2-10,16H2,1H3. The maximum absolute atomic E-state index is 6.05. The van der Waals surface area contributed by atoms with Crippen LogP contribution in [-0.2, 0) is 15.1 Å². The highest BCUT2D eigenvalue weighted by Gasteiger charge is 2.40. The Kier molecular flexibility index (Phi) is 4.57. The van der Waals surface area contributed by atoms with Gasteiger partial charge in [0.2, 0.25) is 11.7 Å². The van der Waals surface area contributed by atoms with Gasteiger partial charge >= 0.3 is 0 Å². The maximum Gasteiger partial charge on any atom is 0.229 e. The lowest BCUT2D eigenvalue weighted by Crippen LogP contribution is -2.37. The van der Waals surface area contributed by atoms with Gasteiger partial charge in [0, 0.05) is 44.6 Å². The first-order valence-corrected chi connectivity index (χ1v) is 8.05. The minimum absolute atomic E-state index is 0.253. The average Bonchev–Trinajstić information content (AvgIpc) is 2.99. The SMILES string of the molecule is CCOC1(c2noc(C3CCCC(N)C3)n2)CCOCC1. The molecule has 2 heterocycles. The fourth-order valence-corrected chi connectivity index (χ4v) is 3.45. The summed E-state index contributed by atoms with van der Waals surface area (Å²) in [4.78, 5) is 4.67. The Labute approximate surface area is 125 Å². The maximum atomic E-state index is 6.05. The van der Waals surface area contributed by atoms with Crippen molar-refractivity contribution in [2.75, 3.05) is 19.8 Å². The van der Waals surface area contributed by atoms with Crippen LogP contribution in [0.3, 0.4) is 0 Å². The molecule has 1 saturated carbocycles. The largest absolute Gasteiger partial charge is 0.381 e. The summed E-state index contributed by atoms with van der Waals surface area (Å²) >= 11 is 0. The van der Waals surface area contributed by atoms with E-state index >= 15 is 0 Å². The van der Waals surface area contributed by atoms with Crippen LogP contribution in [0.4, 0.5) is 0 Å². The molecule has 1 aromatic heterocycles. The Morgan fingerprint density at radius 3 is 2.86 bits per heavy atom. The molecule has 0 aromatic carbocycles. The van der Waals surface area contributed by atoms with Gasteiger partial charge in [-0.15, -0.1) is 0 Å². The number of nitrogens with two attached hydrogens (primary N) is 1. The van der Waals surface area contributed by atoms with Crippen LogP contribution < -0.4 is 5.73 Å². The molecule has 1 aliphatic carbocycles. The van der Waals surface area contributed by atoms with Crippen molar-refractivity contribution in [2.24, 2.45) is 5.73 Å². The van der Waals surface area contributed by atoms with Crippen molar-refractivity contribution in [3.63, 3.8) is 0 Å². The quantitative estimate of drug-likeness (QED) is 0.915. The second kappa shape index (κ2) is 6.42. The van der Waals surface area contributed by atoms with Gasteiger partial charge in [0.1, 0.15) is 5.60 Å². The van der Waals surface area contributed by atoms with E-state index in [2.05, 4.69) is 10.1 Å². The normalized spacial score (nSPS) is 29.4. The van der Waals surface area contributed by atoms with E-state index in [4.69, 9.17) is 19.7 Å². The highest BCUT2D eigenvalue weighted by Crippen LogP contribution is 2.37. The van der Waals surface area contributed by atoms with Gasteiger partial charge in [0.25, 0.3) is 0 Å². The minimum Gasteiger partial charge on any atom is -0.381 e. The molecule has 0 spiro atoms. The Morgan fingerprint density at radius 1 is 1.33 bits per heavy atom. The van der Waals surface area contributed by atoms with Gasteiger partial charge in [0.15, 0.2) is 0 Å². The molecule has 3 rings (SSSR count). The second-order valence-corrected chi connectivity index (χ2v) is 6.12. The van der Waals surface area contributed by atoms with Crippen LogP contribution in [0.25, 0.3) is 0 Å². The molecule has 2 N–H and O–H groups in total. The summed E-state index contributed by atoms with van der Waals surface area (Å²) < 4.78 is 17.0. The van der Waals surface area contributed by atoms with E-state index in [1.54, 1.807) is 0 Å². The number of hydrogen-bond acceptors (Lipinski definition) is 6. The lowest BCUT2D eigenvalue weighted by atomic mass is 9.86. The zero-order chi connectivity index (χ0) is 14.7. The molecule has 6 nitrogen and oxygen atoms in total. The summed E-state index contributed by atoms with van der Waals surface area (Å²) in [6.45, 7) is 3.99. The summed E-state index contributed by atoms with van der Waals surface area (Å²) in [7, 11) is 0. The van der Waals surface area contributed by atoms with Crippen molar-refractivity contribution in [1.82, 2.24) is 10.1 Å². The van der Waals surface area contributed by atoms with Crippen LogP contribution in [0, 0.1) is 0 Å².